The highest BCUT2D eigenvalue weighted by molar-refractivity contribution is 5.89. The molecule has 7 nitrogen and oxygen atoms in total. The summed E-state index contributed by atoms with van der Waals surface area (Å²) >= 11 is 0. The van der Waals surface area contributed by atoms with E-state index in [-0.39, 0.29) is 17.7 Å². The highest BCUT2D eigenvalue weighted by Crippen LogP contribution is 2.22. The zero-order chi connectivity index (χ0) is 18.5. The minimum absolute atomic E-state index is 0.0431. The van der Waals surface area contributed by atoms with Crippen LogP contribution < -0.4 is 0 Å². The molecule has 0 aliphatic carbocycles. The van der Waals surface area contributed by atoms with Gasteiger partial charge in [0.05, 0.1) is 5.92 Å². The van der Waals surface area contributed by atoms with E-state index < -0.39 is 0 Å². The minimum Gasteiger partial charge on any atom is -0.345 e. The lowest BCUT2D eigenvalue weighted by Crippen LogP contribution is -2.35. The summed E-state index contributed by atoms with van der Waals surface area (Å²) in [6.07, 6.45) is 9.13. The van der Waals surface area contributed by atoms with Crippen molar-refractivity contribution in [1.82, 2.24) is 24.3 Å². The molecule has 0 aromatic carbocycles. The lowest BCUT2D eigenvalue weighted by Gasteiger charge is -2.21. The predicted octanol–water partition coefficient (Wildman–Crippen LogP) is 1.25. The highest BCUT2D eigenvalue weighted by Gasteiger charge is 2.35. The highest BCUT2D eigenvalue weighted by atomic mass is 16.2. The van der Waals surface area contributed by atoms with E-state index in [9.17, 15) is 9.59 Å². The van der Waals surface area contributed by atoms with Gasteiger partial charge in [-0.25, -0.2) is 4.98 Å². The molecule has 1 atom stereocenters. The van der Waals surface area contributed by atoms with Gasteiger partial charge in [-0.2, -0.15) is 0 Å². The summed E-state index contributed by atoms with van der Waals surface area (Å²) in [6, 6.07) is 3.79. The van der Waals surface area contributed by atoms with Crippen molar-refractivity contribution < 1.29 is 9.59 Å². The maximum absolute atomic E-state index is 12.7. The molecule has 0 N–H and O–H groups in total. The second-order valence-corrected chi connectivity index (χ2v) is 6.85. The van der Waals surface area contributed by atoms with Crippen molar-refractivity contribution in [3.63, 3.8) is 0 Å². The molecule has 1 saturated heterocycles. The third-order valence-corrected chi connectivity index (χ3v) is 4.88. The average molecular weight is 355 g/mol. The van der Waals surface area contributed by atoms with Gasteiger partial charge >= 0.3 is 0 Å². The molecular formula is C19H25N5O2. The molecule has 1 aliphatic heterocycles. The van der Waals surface area contributed by atoms with Gasteiger partial charge in [0.2, 0.25) is 11.8 Å². The molecule has 0 bridgehead atoms. The molecule has 138 valence electrons. The number of hydrogen-bond donors (Lipinski definition) is 0. The van der Waals surface area contributed by atoms with E-state index in [0.717, 1.165) is 24.2 Å². The summed E-state index contributed by atoms with van der Waals surface area (Å²) in [7, 11) is 3.79. The number of nitrogens with zero attached hydrogens (tertiary/aromatic N) is 5. The van der Waals surface area contributed by atoms with E-state index in [1.165, 1.54) is 0 Å². The number of carbonyl (C=O) groups is 2. The summed E-state index contributed by atoms with van der Waals surface area (Å²) < 4.78 is 1.99. The lowest BCUT2D eigenvalue weighted by molar-refractivity contribution is -0.134. The Morgan fingerprint density at radius 1 is 1.31 bits per heavy atom. The Hall–Kier alpha value is -2.70. The van der Waals surface area contributed by atoms with Crippen LogP contribution in [0.25, 0.3) is 0 Å². The monoisotopic (exact) mass is 355 g/mol. The van der Waals surface area contributed by atoms with Crippen molar-refractivity contribution in [2.45, 2.75) is 25.8 Å². The SMILES string of the molecule is CN(CCCc1nccn1C)C(=O)[C@@H]1CC(=O)N(Cc2ccncc2)C1. The van der Waals surface area contributed by atoms with Gasteiger partial charge in [-0.05, 0) is 24.1 Å². The fraction of sp³-hybridized carbons (Fsp3) is 0.474. The van der Waals surface area contributed by atoms with Crippen LogP contribution >= 0.6 is 0 Å². The number of pyridine rings is 1. The minimum atomic E-state index is -0.248. The maximum atomic E-state index is 12.7. The largest absolute Gasteiger partial charge is 0.345 e. The van der Waals surface area contributed by atoms with Gasteiger partial charge < -0.3 is 14.4 Å². The van der Waals surface area contributed by atoms with Gasteiger partial charge in [-0.1, -0.05) is 0 Å². The van der Waals surface area contributed by atoms with Gasteiger partial charge in [0.25, 0.3) is 0 Å². The number of carbonyl (C=O) groups excluding carboxylic acids is 2. The van der Waals surface area contributed by atoms with Crippen LogP contribution in [0.4, 0.5) is 0 Å². The fourth-order valence-electron chi connectivity index (χ4n) is 3.33. The van der Waals surface area contributed by atoms with Crippen LogP contribution in [-0.2, 0) is 29.6 Å². The summed E-state index contributed by atoms with van der Waals surface area (Å²) in [5.41, 5.74) is 1.03. The zero-order valence-electron chi connectivity index (χ0n) is 15.3. The van der Waals surface area contributed by atoms with Crippen LogP contribution in [0.3, 0.4) is 0 Å². The Morgan fingerprint density at radius 2 is 2.08 bits per heavy atom. The molecule has 3 heterocycles. The average Bonchev–Trinajstić information content (AvgIpc) is 3.21. The van der Waals surface area contributed by atoms with Crippen LogP contribution in [0, 0.1) is 5.92 Å². The number of imidazole rings is 1. The first-order chi connectivity index (χ1) is 12.5. The fourth-order valence-corrected chi connectivity index (χ4v) is 3.33. The van der Waals surface area contributed by atoms with Crippen LogP contribution in [0.15, 0.2) is 36.9 Å². The first kappa shape index (κ1) is 18.1. The Labute approximate surface area is 153 Å². The Morgan fingerprint density at radius 3 is 2.77 bits per heavy atom. The van der Waals surface area contributed by atoms with Crippen LogP contribution in [0.5, 0.6) is 0 Å². The first-order valence-corrected chi connectivity index (χ1v) is 8.92. The van der Waals surface area contributed by atoms with Gasteiger partial charge in [-0.3, -0.25) is 14.6 Å². The molecule has 1 aliphatic rings. The van der Waals surface area contributed by atoms with E-state index >= 15 is 0 Å². The van der Waals surface area contributed by atoms with Gasteiger partial charge in [0.15, 0.2) is 0 Å². The molecule has 0 unspecified atom stereocenters. The standard InChI is InChI=1S/C19H25N5O2/c1-22-11-9-21-17(22)4-3-10-23(2)19(26)16-12-18(25)24(14-16)13-15-5-7-20-8-6-15/h5-9,11,16H,3-4,10,12-14H2,1-2H3/t16-/m1/s1. The molecule has 1 fully saturated rings. The molecular weight excluding hydrogens is 330 g/mol. The number of hydrogen-bond acceptors (Lipinski definition) is 4. The number of aryl methyl sites for hydroxylation is 2. The summed E-state index contributed by atoms with van der Waals surface area (Å²) in [6.45, 7) is 1.69. The number of rotatable bonds is 7. The Kier molecular flexibility index (Phi) is 5.65. The van der Waals surface area contributed by atoms with Crippen LogP contribution in [0.2, 0.25) is 0 Å². The molecule has 2 aromatic heterocycles. The smallest absolute Gasteiger partial charge is 0.227 e. The van der Waals surface area contributed by atoms with E-state index in [1.807, 2.05) is 37.0 Å². The van der Waals surface area contributed by atoms with E-state index in [4.69, 9.17) is 0 Å². The quantitative estimate of drug-likeness (QED) is 0.750. The molecule has 26 heavy (non-hydrogen) atoms. The van der Waals surface area contributed by atoms with Crippen LogP contribution in [0.1, 0.15) is 24.2 Å². The van der Waals surface area contributed by atoms with E-state index in [2.05, 4.69) is 9.97 Å². The molecule has 0 saturated carbocycles. The van der Waals surface area contributed by atoms with E-state index in [0.29, 0.717) is 26.1 Å². The second kappa shape index (κ2) is 8.12. The molecule has 2 aromatic rings. The lowest BCUT2D eigenvalue weighted by atomic mass is 10.1. The zero-order valence-corrected chi connectivity index (χ0v) is 15.3. The van der Waals surface area contributed by atoms with Gasteiger partial charge in [0.1, 0.15) is 5.82 Å². The second-order valence-electron chi connectivity index (χ2n) is 6.85. The summed E-state index contributed by atoms with van der Waals surface area (Å²) in [4.78, 5) is 36.7. The van der Waals surface area contributed by atoms with E-state index in [1.54, 1.807) is 28.4 Å². The number of aromatic nitrogens is 3. The van der Waals surface area contributed by atoms with Crippen molar-refractivity contribution >= 4 is 11.8 Å². The Balaban J connectivity index is 1.48. The topological polar surface area (TPSA) is 71.3 Å². The van der Waals surface area contributed by atoms with Crippen molar-refractivity contribution in [3.8, 4) is 0 Å². The summed E-state index contributed by atoms with van der Waals surface area (Å²) in [5, 5.41) is 0. The third kappa shape index (κ3) is 4.28. The number of likely N-dealkylation sites (tertiary alicyclic amines) is 1. The van der Waals surface area contributed by atoms with Crippen molar-refractivity contribution in [2.75, 3.05) is 20.1 Å². The predicted molar refractivity (Wildman–Crippen MR) is 96.9 cm³/mol. The summed E-state index contributed by atoms with van der Waals surface area (Å²) in [5.74, 6) is 0.866. The molecule has 7 heteroatoms. The van der Waals surface area contributed by atoms with Gasteiger partial charge in [-0.15, -0.1) is 0 Å². The first-order valence-electron chi connectivity index (χ1n) is 8.92. The van der Waals surface area contributed by atoms with Crippen molar-refractivity contribution in [2.24, 2.45) is 13.0 Å². The third-order valence-electron chi connectivity index (χ3n) is 4.88. The van der Waals surface area contributed by atoms with Crippen molar-refractivity contribution in [1.29, 1.82) is 0 Å². The van der Waals surface area contributed by atoms with Crippen LogP contribution in [-0.4, -0.2) is 56.3 Å². The molecule has 0 radical (unpaired) electrons. The number of amides is 2. The Bertz CT molecular complexity index is 758. The maximum Gasteiger partial charge on any atom is 0.227 e. The van der Waals surface area contributed by atoms with Crippen molar-refractivity contribution in [3.05, 3.63) is 48.3 Å². The molecule has 2 amide bonds. The molecule has 0 spiro atoms. The van der Waals surface area contributed by atoms with Gasteiger partial charge in [0, 0.05) is 71.4 Å². The molecule has 3 rings (SSSR count). The normalized spacial score (nSPS) is 16.9.